The third-order valence-electron chi connectivity index (χ3n) is 3.70. The van der Waals surface area contributed by atoms with Crippen molar-refractivity contribution >= 4 is 46.0 Å². The third kappa shape index (κ3) is 3.54. The van der Waals surface area contributed by atoms with Gasteiger partial charge in [0, 0.05) is 0 Å². The van der Waals surface area contributed by atoms with E-state index >= 15 is 0 Å². The second kappa shape index (κ2) is 7.80. The minimum Gasteiger partial charge on any atom is -0.504 e. The molecule has 0 atom stereocenters. The number of carbonyl (C=O) groups excluding carboxylic acids is 1. The van der Waals surface area contributed by atoms with Crippen LogP contribution in [0, 0.1) is 0 Å². The molecule has 1 saturated heterocycles. The summed E-state index contributed by atoms with van der Waals surface area (Å²) in [7, 11) is 1.55. The number of carbonyl (C=O) groups is 1. The summed E-state index contributed by atoms with van der Waals surface area (Å²) in [5, 5.41) is 9.81. The number of para-hydroxylation sites is 2. The quantitative estimate of drug-likeness (QED) is 0.613. The fourth-order valence-electron chi connectivity index (χ4n) is 2.53. The molecule has 0 spiro atoms. The molecule has 5 nitrogen and oxygen atoms in total. The number of phenolic OH excluding ortho intramolecular Hbond substituents is 1. The number of amides is 1. The standard InChI is InChI=1S/C19H17NO4S2/c1-3-24-16-10-12(8-9-14(16)21)11-17-18(22)20(19(25)26-17)13-6-4-5-7-15(13)23-2/h4-11,21H,3H2,1-2H3/b17-11+. The molecule has 2 aromatic rings. The van der Waals surface area contributed by atoms with Crippen LogP contribution < -0.4 is 14.4 Å². The molecule has 3 rings (SSSR count). The predicted octanol–water partition coefficient (Wildman–Crippen LogP) is 4.21. The van der Waals surface area contributed by atoms with Crippen LogP contribution in [0.3, 0.4) is 0 Å². The SMILES string of the molecule is CCOc1cc(/C=C2/SC(=S)N(c3ccccc3OC)C2=O)ccc1O. The van der Waals surface area contributed by atoms with Gasteiger partial charge in [0.15, 0.2) is 15.8 Å². The molecule has 0 saturated carbocycles. The van der Waals surface area contributed by atoms with Crippen LogP contribution in [0.15, 0.2) is 47.4 Å². The second-order valence-corrected chi connectivity index (χ2v) is 7.02. The zero-order valence-corrected chi connectivity index (χ0v) is 15.9. The summed E-state index contributed by atoms with van der Waals surface area (Å²) in [5.74, 6) is 0.802. The number of benzene rings is 2. The van der Waals surface area contributed by atoms with Gasteiger partial charge in [-0.2, -0.15) is 0 Å². The number of aromatic hydroxyl groups is 1. The maximum absolute atomic E-state index is 12.9. The molecule has 1 fully saturated rings. The Morgan fingerprint density at radius 3 is 2.73 bits per heavy atom. The number of hydrogen-bond donors (Lipinski definition) is 1. The first kappa shape index (κ1) is 18.3. The number of phenols is 1. The monoisotopic (exact) mass is 387 g/mol. The Labute approximate surface area is 161 Å². The number of anilines is 1. The lowest BCUT2D eigenvalue weighted by Crippen LogP contribution is -2.27. The average Bonchev–Trinajstić information content (AvgIpc) is 2.91. The van der Waals surface area contributed by atoms with E-state index in [9.17, 15) is 9.90 Å². The Hall–Kier alpha value is -2.51. The summed E-state index contributed by atoms with van der Waals surface area (Å²) in [5.41, 5.74) is 1.35. The van der Waals surface area contributed by atoms with E-state index in [2.05, 4.69) is 0 Å². The predicted molar refractivity (Wildman–Crippen MR) is 108 cm³/mol. The van der Waals surface area contributed by atoms with Crippen LogP contribution in [0.4, 0.5) is 5.69 Å². The smallest absolute Gasteiger partial charge is 0.270 e. The van der Waals surface area contributed by atoms with Gasteiger partial charge in [-0.1, -0.05) is 42.2 Å². The molecule has 2 aromatic carbocycles. The first-order chi connectivity index (χ1) is 12.5. The van der Waals surface area contributed by atoms with Gasteiger partial charge in [0.25, 0.3) is 5.91 Å². The van der Waals surface area contributed by atoms with Gasteiger partial charge in [-0.3, -0.25) is 9.69 Å². The molecular weight excluding hydrogens is 370 g/mol. The summed E-state index contributed by atoms with van der Waals surface area (Å²) in [6, 6.07) is 12.2. The molecule has 0 aromatic heterocycles. The molecule has 0 bridgehead atoms. The van der Waals surface area contributed by atoms with E-state index in [1.54, 1.807) is 37.5 Å². The van der Waals surface area contributed by atoms with Crippen molar-refractivity contribution in [3.05, 3.63) is 52.9 Å². The van der Waals surface area contributed by atoms with Crippen molar-refractivity contribution in [2.24, 2.45) is 0 Å². The minimum absolute atomic E-state index is 0.0607. The molecule has 134 valence electrons. The van der Waals surface area contributed by atoms with Gasteiger partial charge in [-0.15, -0.1) is 0 Å². The van der Waals surface area contributed by atoms with Crippen molar-refractivity contribution in [3.63, 3.8) is 0 Å². The average molecular weight is 387 g/mol. The Morgan fingerprint density at radius 1 is 1.23 bits per heavy atom. The Bertz CT molecular complexity index is 895. The third-order valence-corrected chi connectivity index (χ3v) is 5.00. The second-order valence-electron chi connectivity index (χ2n) is 5.35. The van der Waals surface area contributed by atoms with E-state index < -0.39 is 0 Å². The van der Waals surface area contributed by atoms with E-state index in [1.807, 2.05) is 19.1 Å². The van der Waals surface area contributed by atoms with Crippen LogP contribution >= 0.6 is 24.0 Å². The summed E-state index contributed by atoms with van der Waals surface area (Å²) in [6.45, 7) is 2.28. The first-order valence-corrected chi connectivity index (χ1v) is 9.14. The Morgan fingerprint density at radius 2 is 2.00 bits per heavy atom. The highest BCUT2D eigenvalue weighted by molar-refractivity contribution is 8.27. The van der Waals surface area contributed by atoms with E-state index in [4.69, 9.17) is 21.7 Å². The fourth-order valence-corrected chi connectivity index (χ4v) is 3.82. The minimum atomic E-state index is -0.212. The van der Waals surface area contributed by atoms with Gasteiger partial charge in [0.2, 0.25) is 0 Å². The Kier molecular flexibility index (Phi) is 5.49. The van der Waals surface area contributed by atoms with Crippen LogP contribution in [0.5, 0.6) is 17.2 Å². The first-order valence-electron chi connectivity index (χ1n) is 7.92. The molecule has 0 unspecified atom stereocenters. The molecule has 1 aliphatic heterocycles. The molecule has 0 radical (unpaired) electrons. The number of hydrogen-bond acceptors (Lipinski definition) is 6. The molecule has 1 amide bonds. The summed E-state index contributed by atoms with van der Waals surface area (Å²) >= 11 is 6.62. The van der Waals surface area contributed by atoms with Gasteiger partial charge in [0.1, 0.15) is 5.75 Å². The van der Waals surface area contributed by atoms with Gasteiger partial charge in [0.05, 0.1) is 24.3 Å². The summed E-state index contributed by atoms with van der Waals surface area (Å²) in [6.07, 6.45) is 1.73. The summed E-state index contributed by atoms with van der Waals surface area (Å²) in [4.78, 5) is 14.8. The zero-order valence-electron chi connectivity index (χ0n) is 14.3. The number of methoxy groups -OCH3 is 1. The van der Waals surface area contributed by atoms with E-state index in [-0.39, 0.29) is 11.7 Å². The van der Waals surface area contributed by atoms with Crippen molar-refractivity contribution in [2.75, 3.05) is 18.6 Å². The van der Waals surface area contributed by atoms with Crippen LogP contribution in [0.2, 0.25) is 0 Å². The maximum Gasteiger partial charge on any atom is 0.270 e. The van der Waals surface area contributed by atoms with E-state index in [0.717, 1.165) is 5.56 Å². The van der Waals surface area contributed by atoms with Crippen LogP contribution in [0.25, 0.3) is 6.08 Å². The van der Waals surface area contributed by atoms with E-state index in [1.165, 1.54) is 22.7 Å². The van der Waals surface area contributed by atoms with Crippen molar-refractivity contribution in [3.8, 4) is 17.2 Å². The van der Waals surface area contributed by atoms with Gasteiger partial charge >= 0.3 is 0 Å². The zero-order chi connectivity index (χ0) is 18.7. The number of rotatable bonds is 5. The van der Waals surface area contributed by atoms with Crippen molar-refractivity contribution < 1.29 is 19.4 Å². The lowest BCUT2D eigenvalue weighted by molar-refractivity contribution is -0.113. The van der Waals surface area contributed by atoms with Gasteiger partial charge in [-0.25, -0.2) is 0 Å². The highest BCUT2D eigenvalue weighted by Gasteiger charge is 2.34. The van der Waals surface area contributed by atoms with E-state index in [0.29, 0.717) is 33.0 Å². The normalized spacial score (nSPS) is 15.6. The molecule has 1 aliphatic rings. The van der Waals surface area contributed by atoms with Gasteiger partial charge in [-0.05, 0) is 42.8 Å². The lowest BCUT2D eigenvalue weighted by Gasteiger charge is -2.17. The molecule has 0 aliphatic carbocycles. The maximum atomic E-state index is 12.9. The molecular formula is C19H17NO4S2. The van der Waals surface area contributed by atoms with Crippen molar-refractivity contribution in [1.82, 2.24) is 0 Å². The van der Waals surface area contributed by atoms with Crippen LogP contribution in [-0.2, 0) is 4.79 Å². The fraction of sp³-hybridized carbons (Fsp3) is 0.158. The molecule has 26 heavy (non-hydrogen) atoms. The molecule has 1 N–H and O–H groups in total. The number of thioether (sulfide) groups is 1. The number of thiocarbonyl (C=S) groups is 1. The van der Waals surface area contributed by atoms with Crippen LogP contribution in [-0.4, -0.2) is 29.1 Å². The highest BCUT2D eigenvalue weighted by Crippen LogP contribution is 2.40. The largest absolute Gasteiger partial charge is 0.504 e. The number of nitrogens with zero attached hydrogens (tertiary/aromatic N) is 1. The topological polar surface area (TPSA) is 59.0 Å². The Balaban J connectivity index is 1.94. The van der Waals surface area contributed by atoms with Crippen molar-refractivity contribution in [2.45, 2.75) is 6.92 Å². The molecule has 7 heteroatoms. The van der Waals surface area contributed by atoms with Gasteiger partial charge < -0.3 is 14.6 Å². The van der Waals surface area contributed by atoms with Crippen LogP contribution in [0.1, 0.15) is 12.5 Å². The summed E-state index contributed by atoms with van der Waals surface area (Å²) < 4.78 is 11.2. The highest BCUT2D eigenvalue weighted by atomic mass is 32.2. The molecule has 1 heterocycles. The van der Waals surface area contributed by atoms with Crippen molar-refractivity contribution in [1.29, 1.82) is 0 Å². The lowest BCUT2D eigenvalue weighted by atomic mass is 10.2. The number of ether oxygens (including phenoxy) is 2.